The van der Waals surface area contributed by atoms with Crippen molar-refractivity contribution in [1.29, 1.82) is 0 Å². The lowest BCUT2D eigenvalue weighted by atomic mass is 10.0. The topological polar surface area (TPSA) is 49.4 Å². The van der Waals surface area contributed by atoms with Crippen molar-refractivity contribution in [3.8, 4) is 0 Å². The molecule has 0 saturated heterocycles. The van der Waals surface area contributed by atoms with Crippen molar-refractivity contribution in [3.63, 3.8) is 0 Å². The van der Waals surface area contributed by atoms with Crippen LogP contribution in [0.2, 0.25) is 5.02 Å². The molecule has 0 aliphatic rings. The molecule has 0 spiro atoms. The molecule has 2 amide bonds. The molecule has 4 nitrogen and oxygen atoms in total. The molecule has 0 saturated carbocycles. The van der Waals surface area contributed by atoms with E-state index in [2.05, 4.69) is 5.32 Å². The van der Waals surface area contributed by atoms with Gasteiger partial charge in [0.1, 0.15) is 6.04 Å². The van der Waals surface area contributed by atoms with Crippen LogP contribution in [0.5, 0.6) is 0 Å². The smallest absolute Gasteiger partial charge is 0.243 e. The zero-order chi connectivity index (χ0) is 23.6. The Morgan fingerprint density at radius 3 is 2.09 bits per heavy atom. The maximum atomic E-state index is 13.6. The van der Waals surface area contributed by atoms with Gasteiger partial charge in [-0.2, -0.15) is 0 Å². The van der Waals surface area contributed by atoms with Crippen molar-refractivity contribution < 1.29 is 9.59 Å². The minimum atomic E-state index is -0.631. The van der Waals surface area contributed by atoms with Crippen LogP contribution in [0.3, 0.4) is 0 Å². The van der Waals surface area contributed by atoms with E-state index in [1.54, 1.807) is 17.0 Å². The molecule has 0 fully saturated rings. The van der Waals surface area contributed by atoms with Gasteiger partial charge in [0.25, 0.3) is 0 Å². The minimum absolute atomic E-state index is 0.0254. The van der Waals surface area contributed by atoms with E-state index in [0.717, 1.165) is 23.1 Å². The Bertz CT molecular complexity index is 1040. The molecule has 2 atom stereocenters. The predicted molar refractivity (Wildman–Crippen MR) is 134 cm³/mol. The highest BCUT2D eigenvalue weighted by Gasteiger charge is 2.31. The van der Waals surface area contributed by atoms with Gasteiger partial charge >= 0.3 is 0 Å². The Kier molecular flexibility index (Phi) is 9.08. The van der Waals surface area contributed by atoms with Crippen LogP contribution in [0.15, 0.2) is 84.9 Å². The summed E-state index contributed by atoms with van der Waals surface area (Å²) in [6, 6.07) is 26.3. The lowest BCUT2D eigenvalue weighted by Gasteiger charge is -2.32. The summed E-state index contributed by atoms with van der Waals surface area (Å²) in [5.74, 6) is -0.245. The van der Waals surface area contributed by atoms with Crippen LogP contribution in [0.1, 0.15) is 37.0 Å². The summed E-state index contributed by atoms with van der Waals surface area (Å²) < 4.78 is 0. The van der Waals surface area contributed by atoms with Gasteiger partial charge in [0.05, 0.1) is 6.42 Å². The van der Waals surface area contributed by atoms with E-state index in [9.17, 15) is 9.59 Å². The molecule has 1 N–H and O–H groups in total. The van der Waals surface area contributed by atoms with Gasteiger partial charge in [-0.25, -0.2) is 0 Å². The molecule has 0 aliphatic carbocycles. The number of carbonyl (C=O) groups is 2. The van der Waals surface area contributed by atoms with Gasteiger partial charge in [0.2, 0.25) is 11.8 Å². The van der Waals surface area contributed by atoms with E-state index in [4.69, 9.17) is 11.6 Å². The molecular formula is C28H31ClN2O2. The van der Waals surface area contributed by atoms with Crippen molar-refractivity contribution in [2.45, 2.75) is 51.7 Å². The van der Waals surface area contributed by atoms with Gasteiger partial charge in [0, 0.05) is 24.0 Å². The van der Waals surface area contributed by atoms with Crippen LogP contribution in [-0.2, 0) is 29.0 Å². The van der Waals surface area contributed by atoms with E-state index in [-0.39, 0.29) is 24.3 Å². The van der Waals surface area contributed by atoms with Gasteiger partial charge in [0.15, 0.2) is 0 Å². The Balaban J connectivity index is 1.95. The number of carbonyl (C=O) groups excluding carboxylic acids is 2. The molecule has 0 heterocycles. The molecule has 172 valence electrons. The van der Waals surface area contributed by atoms with E-state index in [0.29, 0.717) is 18.0 Å². The maximum Gasteiger partial charge on any atom is 0.243 e. The van der Waals surface area contributed by atoms with E-state index in [1.165, 1.54) is 0 Å². The molecule has 0 unspecified atom stereocenters. The van der Waals surface area contributed by atoms with Crippen molar-refractivity contribution in [2.75, 3.05) is 0 Å². The predicted octanol–water partition coefficient (Wildman–Crippen LogP) is 5.44. The number of hydrogen-bond donors (Lipinski definition) is 1. The summed E-state index contributed by atoms with van der Waals surface area (Å²) in [6.07, 6.45) is 1.44. The third kappa shape index (κ3) is 7.47. The maximum absolute atomic E-state index is 13.6. The standard InChI is InChI=1S/C28H31ClN2O2/c1-3-21(2)30-28(33)26(18-22-11-6-4-7-12-22)31(20-23-13-8-5-9-14-23)27(32)19-24-15-10-16-25(29)17-24/h4-17,21,26H,3,18-20H2,1-2H3,(H,30,33)/t21-,26+/m0/s1. The average molecular weight is 463 g/mol. The molecule has 3 rings (SSSR count). The first-order valence-corrected chi connectivity index (χ1v) is 11.8. The summed E-state index contributed by atoms with van der Waals surface area (Å²) in [5, 5.41) is 3.68. The summed E-state index contributed by atoms with van der Waals surface area (Å²) in [6.45, 7) is 4.36. The second-order valence-electron chi connectivity index (χ2n) is 8.34. The highest BCUT2D eigenvalue weighted by atomic mass is 35.5. The summed E-state index contributed by atoms with van der Waals surface area (Å²) in [4.78, 5) is 28.8. The SMILES string of the molecule is CC[C@H](C)NC(=O)[C@@H](Cc1ccccc1)N(Cc1ccccc1)C(=O)Cc1cccc(Cl)c1. The molecular weight excluding hydrogens is 432 g/mol. The van der Waals surface area contributed by atoms with Crippen LogP contribution in [0.25, 0.3) is 0 Å². The third-order valence-corrected chi connectivity index (χ3v) is 5.95. The third-order valence-electron chi connectivity index (χ3n) is 5.71. The zero-order valence-corrected chi connectivity index (χ0v) is 20.0. The summed E-state index contributed by atoms with van der Waals surface area (Å²) >= 11 is 6.14. The van der Waals surface area contributed by atoms with Crippen LogP contribution in [0, 0.1) is 0 Å². The van der Waals surface area contributed by atoms with Gasteiger partial charge < -0.3 is 10.2 Å². The molecule has 0 aromatic heterocycles. The largest absolute Gasteiger partial charge is 0.352 e. The summed E-state index contributed by atoms with van der Waals surface area (Å²) in [7, 11) is 0. The first-order chi connectivity index (χ1) is 16.0. The number of rotatable bonds is 10. The van der Waals surface area contributed by atoms with Crippen molar-refractivity contribution >= 4 is 23.4 Å². The fourth-order valence-electron chi connectivity index (χ4n) is 3.70. The molecule has 3 aromatic carbocycles. The lowest BCUT2D eigenvalue weighted by molar-refractivity contribution is -0.141. The van der Waals surface area contributed by atoms with Crippen LogP contribution in [-0.4, -0.2) is 28.8 Å². The number of hydrogen-bond acceptors (Lipinski definition) is 2. The fourth-order valence-corrected chi connectivity index (χ4v) is 3.91. The lowest BCUT2D eigenvalue weighted by Crippen LogP contribution is -2.52. The number of nitrogens with one attached hydrogen (secondary N) is 1. The van der Waals surface area contributed by atoms with Crippen molar-refractivity contribution in [2.24, 2.45) is 0 Å². The Morgan fingerprint density at radius 1 is 0.879 bits per heavy atom. The van der Waals surface area contributed by atoms with E-state index >= 15 is 0 Å². The Morgan fingerprint density at radius 2 is 1.48 bits per heavy atom. The fraction of sp³-hybridized carbons (Fsp3) is 0.286. The number of benzene rings is 3. The molecule has 5 heteroatoms. The second-order valence-corrected chi connectivity index (χ2v) is 8.77. The number of nitrogens with zero attached hydrogens (tertiary/aromatic N) is 1. The highest BCUT2D eigenvalue weighted by molar-refractivity contribution is 6.30. The average Bonchev–Trinajstić information content (AvgIpc) is 2.82. The van der Waals surface area contributed by atoms with Gasteiger partial charge in [-0.05, 0) is 42.2 Å². The highest BCUT2D eigenvalue weighted by Crippen LogP contribution is 2.18. The van der Waals surface area contributed by atoms with Crippen molar-refractivity contribution in [3.05, 3.63) is 107 Å². The first kappa shape index (κ1) is 24.5. The zero-order valence-electron chi connectivity index (χ0n) is 19.2. The van der Waals surface area contributed by atoms with E-state index < -0.39 is 6.04 Å². The van der Waals surface area contributed by atoms with Crippen molar-refractivity contribution in [1.82, 2.24) is 10.2 Å². The Hall–Kier alpha value is -3.11. The van der Waals surface area contributed by atoms with Crippen LogP contribution in [0.4, 0.5) is 0 Å². The normalized spacial score (nSPS) is 12.6. The molecule has 3 aromatic rings. The second kappa shape index (κ2) is 12.2. The minimum Gasteiger partial charge on any atom is -0.352 e. The summed E-state index contributed by atoms with van der Waals surface area (Å²) in [5.41, 5.74) is 2.81. The molecule has 33 heavy (non-hydrogen) atoms. The Labute approximate surface area is 201 Å². The quantitative estimate of drug-likeness (QED) is 0.436. The van der Waals surface area contributed by atoms with Gasteiger partial charge in [-0.3, -0.25) is 9.59 Å². The molecule has 0 bridgehead atoms. The van der Waals surface area contributed by atoms with Gasteiger partial charge in [-0.1, -0.05) is 91.3 Å². The first-order valence-electron chi connectivity index (χ1n) is 11.4. The molecule has 0 aliphatic heterocycles. The number of halogens is 1. The monoisotopic (exact) mass is 462 g/mol. The van der Waals surface area contributed by atoms with Crippen LogP contribution < -0.4 is 5.32 Å². The molecule has 0 radical (unpaired) electrons. The van der Waals surface area contributed by atoms with E-state index in [1.807, 2.05) is 86.6 Å². The van der Waals surface area contributed by atoms with Crippen LogP contribution >= 0.6 is 11.6 Å². The number of amides is 2. The van der Waals surface area contributed by atoms with Gasteiger partial charge in [-0.15, -0.1) is 0 Å².